The lowest BCUT2D eigenvalue weighted by Crippen LogP contribution is -2.59. The number of nitrogens with one attached hydrogen (secondary N) is 1. The number of aliphatic hydroxyl groups is 1. The van der Waals surface area contributed by atoms with E-state index in [9.17, 15) is 5.11 Å². The van der Waals surface area contributed by atoms with Crippen LogP contribution in [0.4, 0.5) is 0 Å². The first-order chi connectivity index (χ1) is 7.72. The third-order valence-corrected chi connectivity index (χ3v) is 4.40. The molecule has 0 aromatic heterocycles. The monoisotopic (exact) mass is 226 g/mol. The van der Waals surface area contributed by atoms with E-state index in [-0.39, 0.29) is 12.1 Å². The van der Waals surface area contributed by atoms with E-state index in [1.807, 2.05) is 0 Å². The van der Waals surface area contributed by atoms with Gasteiger partial charge in [0.05, 0.1) is 12.1 Å². The minimum atomic E-state index is -0.0287. The molecule has 2 saturated carbocycles. The molecule has 2 aliphatic carbocycles. The van der Waals surface area contributed by atoms with Gasteiger partial charge in [-0.15, -0.1) is 0 Å². The highest BCUT2D eigenvalue weighted by molar-refractivity contribution is 5.03. The third-order valence-electron chi connectivity index (χ3n) is 4.40. The van der Waals surface area contributed by atoms with Crippen molar-refractivity contribution in [2.75, 3.05) is 26.7 Å². The summed E-state index contributed by atoms with van der Waals surface area (Å²) in [6.07, 6.45) is 6.63. The predicted octanol–water partition coefficient (Wildman–Crippen LogP) is 1.22. The highest BCUT2D eigenvalue weighted by Gasteiger charge is 2.45. The van der Waals surface area contributed by atoms with Crippen molar-refractivity contribution in [3.63, 3.8) is 0 Å². The minimum Gasteiger partial charge on any atom is -0.394 e. The van der Waals surface area contributed by atoms with E-state index < -0.39 is 0 Å². The summed E-state index contributed by atoms with van der Waals surface area (Å²) in [6, 6.07) is 0.767. The van der Waals surface area contributed by atoms with Crippen molar-refractivity contribution in [1.82, 2.24) is 10.2 Å². The van der Waals surface area contributed by atoms with E-state index in [4.69, 9.17) is 0 Å². The third kappa shape index (κ3) is 2.41. The van der Waals surface area contributed by atoms with Gasteiger partial charge in [0, 0.05) is 12.6 Å². The Bertz CT molecular complexity index is 226. The molecule has 0 aromatic carbocycles. The van der Waals surface area contributed by atoms with E-state index in [0.29, 0.717) is 5.92 Å². The lowest BCUT2D eigenvalue weighted by atomic mass is 9.88. The molecule has 3 nitrogen and oxygen atoms in total. The van der Waals surface area contributed by atoms with Crippen LogP contribution in [0.15, 0.2) is 0 Å². The molecule has 0 spiro atoms. The van der Waals surface area contributed by atoms with Gasteiger partial charge in [-0.3, -0.25) is 0 Å². The molecule has 0 amide bonds. The van der Waals surface area contributed by atoms with Crippen LogP contribution in [0.25, 0.3) is 0 Å². The smallest absolute Gasteiger partial charge is 0.0628 e. The van der Waals surface area contributed by atoms with Gasteiger partial charge in [0.2, 0.25) is 0 Å². The molecule has 2 aliphatic rings. The molecule has 0 radical (unpaired) electrons. The molecule has 2 fully saturated rings. The molecule has 2 rings (SSSR count). The molecule has 3 heteroatoms. The standard InChI is InChI=1S/C13H26N2O/c1-3-14-13(10-16,11-7-8-11)9-15(2)12-5-4-6-12/h11-12,14,16H,3-10H2,1-2H3. The molecule has 1 unspecified atom stereocenters. The second-order valence-corrected chi connectivity index (χ2v) is 5.62. The summed E-state index contributed by atoms with van der Waals surface area (Å²) in [4.78, 5) is 2.46. The average Bonchev–Trinajstić information content (AvgIpc) is 2.97. The predicted molar refractivity (Wildman–Crippen MR) is 66.5 cm³/mol. The quantitative estimate of drug-likeness (QED) is 0.685. The van der Waals surface area contributed by atoms with Crippen molar-refractivity contribution in [3.05, 3.63) is 0 Å². The Morgan fingerprint density at radius 3 is 2.38 bits per heavy atom. The molecule has 0 heterocycles. The van der Waals surface area contributed by atoms with Crippen molar-refractivity contribution in [1.29, 1.82) is 0 Å². The number of hydrogen-bond donors (Lipinski definition) is 2. The Hall–Kier alpha value is -0.120. The normalized spacial score (nSPS) is 25.5. The maximum absolute atomic E-state index is 9.75. The van der Waals surface area contributed by atoms with Gasteiger partial charge < -0.3 is 15.3 Å². The lowest BCUT2D eigenvalue weighted by molar-refractivity contribution is 0.0641. The van der Waals surface area contributed by atoms with Gasteiger partial charge in [-0.05, 0) is 45.2 Å². The number of rotatable bonds is 7. The van der Waals surface area contributed by atoms with Crippen molar-refractivity contribution < 1.29 is 5.11 Å². The van der Waals surface area contributed by atoms with Gasteiger partial charge in [0.15, 0.2) is 0 Å². The van der Waals surface area contributed by atoms with Gasteiger partial charge >= 0.3 is 0 Å². The Balaban J connectivity index is 1.94. The first-order valence-electron chi connectivity index (χ1n) is 6.78. The summed E-state index contributed by atoms with van der Waals surface area (Å²) < 4.78 is 0. The zero-order chi connectivity index (χ0) is 11.6. The summed E-state index contributed by atoms with van der Waals surface area (Å²) in [7, 11) is 2.22. The van der Waals surface area contributed by atoms with E-state index in [0.717, 1.165) is 19.1 Å². The van der Waals surface area contributed by atoms with Crippen LogP contribution >= 0.6 is 0 Å². The molecule has 2 N–H and O–H groups in total. The highest BCUT2D eigenvalue weighted by Crippen LogP contribution is 2.40. The van der Waals surface area contributed by atoms with Gasteiger partial charge in [-0.2, -0.15) is 0 Å². The summed E-state index contributed by atoms with van der Waals surface area (Å²) in [5, 5.41) is 13.3. The molecule has 0 bridgehead atoms. The Labute approximate surface area is 99.2 Å². The van der Waals surface area contributed by atoms with Crippen molar-refractivity contribution in [2.45, 2.75) is 50.6 Å². The van der Waals surface area contributed by atoms with Crippen LogP contribution in [0.3, 0.4) is 0 Å². The maximum atomic E-state index is 9.75. The second-order valence-electron chi connectivity index (χ2n) is 5.62. The van der Waals surface area contributed by atoms with Crippen molar-refractivity contribution in [3.8, 4) is 0 Å². The van der Waals surface area contributed by atoms with Crippen molar-refractivity contribution >= 4 is 0 Å². The lowest BCUT2D eigenvalue weighted by Gasteiger charge is -2.42. The molecule has 1 atom stereocenters. The Kier molecular flexibility index (Phi) is 3.88. The first-order valence-corrected chi connectivity index (χ1v) is 6.78. The molecule has 0 aliphatic heterocycles. The summed E-state index contributed by atoms with van der Waals surface area (Å²) in [5.41, 5.74) is -0.0287. The van der Waals surface area contributed by atoms with E-state index in [2.05, 4.69) is 24.2 Å². The average molecular weight is 226 g/mol. The first kappa shape index (κ1) is 12.3. The number of aliphatic hydroxyl groups excluding tert-OH is 1. The zero-order valence-corrected chi connectivity index (χ0v) is 10.7. The van der Waals surface area contributed by atoms with Crippen LogP contribution < -0.4 is 5.32 Å². The summed E-state index contributed by atoms with van der Waals surface area (Å²) in [6.45, 7) is 4.38. The topological polar surface area (TPSA) is 35.5 Å². The van der Waals surface area contributed by atoms with E-state index in [1.54, 1.807) is 0 Å². The maximum Gasteiger partial charge on any atom is 0.0628 e. The van der Waals surface area contributed by atoms with Gasteiger partial charge in [-0.1, -0.05) is 13.3 Å². The Morgan fingerprint density at radius 1 is 1.31 bits per heavy atom. The molecule has 94 valence electrons. The van der Waals surface area contributed by atoms with E-state index >= 15 is 0 Å². The molecule has 16 heavy (non-hydrogen) atoms. The molecular formula is C13H26N2O. The summed E-state index contributed by atoms with van der Waals surface area (Å²) in [5.74, 6) is 0.694. The molecular weight excluding hydrogens is 200 g/mol. The van der Waals surface area contributed by atoms with Crippen LogP contribution in [0.5, 0.6) is 0 Å². The van der Waals surface area contributed by atoms with Crippen LogP contribution in [0.1, 0.15) is 39.0 Å². The van der Waals surface area contributed by atoms with E-state index in [1.165, 1.54) is 32.1 Å². The fourth-order valence-corrected chi connectivity index (χ4v) is 2.95. The minimum absolute atomic E-state index is 0.0287. The second kappa shape index (κ2) is 5.03. The van der Waals surface area contributed by atoms with Gasteiger partial charge in [-0.25, -0.2) is 0 Å². The number of likely N-dealkylation sites (N-methyl/N-ethyl adjacent to an activating group) is 2. The van der Waals surface area contributed by atoms with Gasteiger partial charge in [0.25, 0.3) is 0 Å². The largest absolute Gasteiger partial charge is 0.394 e. The van der Waals surface area contributed by atoms with Crippen LogP contribution in [-0.4, -0.2) is 48.3 Å². The number of hydrogen-bond acceptors (Lipinski definition) is 3. The fraction of sp³-hybridized carbons (Fsp3) is 1.00. The van der Waals surface area contributed by atoms with Gasteiger partial charge in [0.1, 0.15) is 0 Å². The molecule has 0 saturated heterocycles. The molecule has 0 aromatic rings. The van der Waals surface area contributed by atoms with Crippen LogP contribution in [0.2, 0.25) is 0 Å². The van der Waals surface area contributed by atoms with Crippen LogP contribution in [0, 0.1) is 5.92 Å². The Morgan fingerprint density at radius 2 is 2.00 bits per heavy atom. The fourth-order valence-electron chi connectivity index (χ4n) is 2.95. The zero-order valence-electron chi connectivity index (χ0n) is 10.7. The summed E-state index contributed by atoms with van der Waals surface area (Å²) >= 11 is 0. The number of nitrogens with zero attached hydrogens (tertiary/aromatic N) is 1. The SMILES string of the molecule is CCNC(CO)(CN(C)C1CCC1)C1CC1. The van der Waals surface area contributed by atoms with Crippen LogP contribution in [-0.2, 0) is 0 Å². The van der Waals surface area contributed by atoms with Crippen molar-refractivity contribution in [2.24, 2.45) is 5.92 Å². The highest BCUT2D eigenvalue weighted by atomic mass is 16.3.